The zero-order valence-electron chi connectivity index (χ0n) is 14.3. The lowest BCUT2D eigenvalue weighted by Gasteiger charge is -2.08. The number of carbonyl (C=O) groups is 1. The van der Waals surface area contributed by atoms with Gasteiger partial charge in [0.2, 0.25) is 0 Å². The van der Waals surface area contributed by atoms with Crippen LogP contribution in [0.2, 0.25) is 0 Å². The van der Waals surface area contributed by atoms with Gasteiger partial charge < -0.3 is 4.74 Å². The fraction of sp³-hybridized carbons (Fsp3) is 0.381. The molecule has 0 aliphatic carbocycles. The Morgan fingerprint density at radius 2 is 1.46 bits per heavy atom. The van der Waals surface area contributed by atoms with E-state index in [0.717, 1.165) is 35.5 Å². The zero-order valence-corrected chi connectivity index (χ0v) is 15.8. The molecule has 2 rings (SSSR count). The van der Waals surface area contributed by atoms with Crippen molar-refractivity contribution < 1.29 is 9.53 Å². The molecule has 0 N–H and O–H groups in total. The van der Waals surface area contributed by atoms with Crippen LogP contribution in [0.5, 0.6) is 5.75 Å². The number of hydrogen-bond donors (Lipinski definition) is 0. The molecular formula is C21H25BrO2. The van der Waals surface area contributed by atoms with Gasteiger partial charge in [0, 0.05) is 5.56 Å². The summed E-state index contributed by atoms with van der Waals surface area (Å²) in [6.07, 6.45) is 6.24. The van der Waals surface area contributed by atoms with E-state index in [-0.39, 0.29) is 5.78 Å². The van der Waals surface area contributed by atoms with Gasteiger partial charge >= 0.3 is 0 Å². The second-order valence-corrected chi connectivity index (χ2v) is 6.48. The fourth-order valence-corrected chi connectivity index (χ4v) is 2.89. The van der Waals surface area contributed by atoms with Gasteiger partial charge in [0.25, 0.3) is 0 Å². The third-order valence-corrected chi connectivity index (χ3v) is 4.54. The summed E-state index contributed by atoms with van der Waals surface area (Å²) in [5.41, 5.74) is 2.97. The molecular weight excluding hydrogens is 364 g/mol. The van der Waals surface area contributed by atoms with Crippen LogP contribution in [-0.2, 0) is 0 Å². The Balaban J connectivity index is 1.86. The molecule has 2 aromatic rings. The number of halogens is 1. The van der Waals surface area contributed by atoms with E-state index in [4.69, 9.17) is 4.74 Å². The fourth-order valence-electron chi connectivity index (χ4n) is 2.56. The molecule has 0 aliphatic heterocycles. The first-order valence-electron chi connectivity index (χ1n) is 8.67. The average molecular weight is 389 g/mol. The summed E-state index contributed by atoms with van der Waals surface area (Å²) in [6, 6.07) is 15.9. The van der Waals surface area contributed by atoms with Gasteiger partial charge in [0.05, 0.1) is 11.9 Å². The predicted molar refractivity (Wildman–Crippen MR) is 104 cm³/mol. The zero-order chi connectivity index (χ0) is 17.2. The lowest BCUT2D eigenvalue weighted by molar-refractivity contribution is 0.102. The molecule has 0 unspecified atom stereocenters. The molecule has 128 valence electrons. The monoisotopic (exact) mass is 388 g/mol. The lowest BCUT2D eigenvalue weighted by Crippen LogP contribution is -1.99. The van der Waals surface area contributed by atoms with Crippen LogP contribution in [0.1, 0.15) is 49.4 Å². The summed E-state index contributed by atoms with van der Waals surface area (Å²) in [6.45, 7) is 3.01. The van der Waals surface area contributed by atoms with Gasteiger partial charge in [-0.2, -0.15) is 0 Å². The van der Waals surface area contributed by atoms with Crippen LogP contribution in [-0.4, -0.2) is 17.7 Å². The van der Waals surface area contributed by atoms with Gasteiger partial charge in [0.1, 0.15) is 5.75 Å². The van der Waals surface area contributed by atoms with Gasteiger partial charge in [-0.05, 0) is 29.7 Å². The van der Waals surface area contributed by atoms with E-state index in [1.165, 1.54) is 25.7 Å². The predicted octanol–water partition coefficient (Wildman–Crippen LogP) is 6.28. The number of benzene rings is 2. The second kappa shape index (κ2) is 10.3. The maximum atomic E-state index is 11.6. The van der Waals surface area contributed by atoms with Crippen molar-refractivity contribution in [3.05, 3.63) is 54.1 Å². The molecule has 0 aliphatic rings. The Hall–Kier alpha value is -1.61. The molecule has 3 heteroatoms. The largest absolute Gasteiger partial charge is 0.494 e. The standard InChI is InChI=1S/C21H25BrO2/c1-2-3-4-5-6-15-24-20-13-11-18(12-14-20)17-7-9-19(10-8-17)21(23)16-22/h7-14H,2-6,15-16H2,1H3. The van der Waals surface area contributed by atoms with E-state index in [9.17, 15) is 4.79 Å². The number of ether oxygens (including phenoxy) is 1. The van der Waals surface area contributed by atoms with Gasteiger partial charge in [-0.25, -0.2) is 0 Å². The average Bonchev–Trinajstić information content (AvgIpc) is 2.64. The number of rotatable bonds is 10. The minimum atomic E-state index is 0.101. The number of alkyl halides is 1. The maximum absolute atomic E-state index is 11.6. The van der Waals surface area contributed by atoms with Crippen molar-refractivity contribution in [1.29, 1.82) is 0 Å². The summed E-state index contributed by atoms with van der Waals surface area (Å²) in [5, 5.41) is 0.358. The van der Waals surface area contributed by atoms with Gasteiger partial charge in [-0.1, -0.05) is 84.9 Å². The van der Waals surface area contributed by atoms with E-state index < -0.39 is 0 Å². The number of ketones is 1. The molecule has 0 spiro atoms. The summed E-state index contributed by atoms with van der Waals surface area (Å²) in [4.78, 5) is 11.6. The summed E-state index contributed by atoms with van der Waals surface area (Å²) in [7, 11) is 0. The molecule has 0 radical (unpaired) electrons. The van der Waals surface area contributed by atoms with Crippen molar-refractivity contribution in [3.8, 4) is 16.9 Å². The second-order valence-electron chi connectivity index (χ2n) is 5.92. The van der Waals surface area contributed by atoms with Gasteiger partial charge in [0.15, 0.2) is 5.78 Å². The van der Waals surface area contributed by atoms with Crippen molar-refractivity contribution in [2.75, 3.05) is 11.9 Å². The first-order valence-corrected chi connectivity index (χ1v) is 9.79. The van der Waals surface area contributed by atoms with E-state index in [0.29, 0.717) is 5.33 Å². The van der Waals surface area contributed by atoms with Crippen molar-refractivity contribution >= 4 is 21.7 Å². The van der Waals surface area contributed by atoms with E-state index in [1.54, 1.807) is 0 Å². The molecule has 0 fully saturated rings. The molecule has 0 aromatic heterocycles. The Labute approximate surface area is 153 Å². The maximum Gasteiger partial charge on any atom is 0.173 e. The highest BCUT2D eigenvalue weighted by molar-refractivity contribution is 9.09. The summed E-state index contributed by atoms with van der Waals surface area (Å²) < 4.78 is 5.79. The molecule has 0 bridgehead atoms. The van der Waals surface area contributed by atoms with Gasteiger partial charge in [-0.3, -0.25) is 4.79 Å². The number of hydrogen-bond acceptors (Lipinski definition) is 2. The van der Waals surface area contributed by atoms with E-state index in [1.807, 2.05) is 36.4 Å². The lowest BCUT2D eigenvalue weighted by atomic mass is 10.0. The van der Waals surface area contributed by atoms with Crippen LogP contribution in [0.15, 0.2) is 48.5 Å². The molecule has 0 saturated carbocycles. The molecule has 0 atom stereocenters. The molecule has 0 amide bonds. The van der Waals surface area contributed by atoms with Crippen molar-refractivity contribution in [3.63, 3.8) is 0 Å². The summed E-state index contributed by atoms with van der Waals surface area (Å²) in [5.74, 6) is 1.02. The van der Waals surface area contributed by atoms with Crippen LogP contribution in [0.4, 0.5) is 0 Å². The van der Waals surface area contributed by atoms with Crippen LogP contribution in [0.25, 0.3) is 11.1 Å². The van der Waals surface area contributed by atoms with Crippen molar-refractivity contribution in [2.24, 2.45) is 0 Å². The summed E-state index contributed by atoms with van der Waals surface area (Å²) >= 11 is 3.20. The number of carbonyl (C=O) groups excluding carboxylic acids is 1. The van der Waals surface area contributed by atoms with E-state index >= 15 is 0 Å². The van der Waals surface area contributed by atoms with Crippen LogP contribution in [0.3, 0.4) is 0 Å². The number of Topliss-reactive ketones (excluding diaryl/α,β-unsaturated/α-hetero) is 1. The van der Waals surface area contributed by atoms with E-state index in [2.05, 4.69) is 35.0 Å². The highest BCUT2D eigenvalue weighted by Gasteiger charge is 2.04. The smallest absolute Gasteiger partial charge is 0.173 e. The topological polar surface area (TPSA) is 26.3 Å². The van der Waals surface area contributed by atoms with Crippen LogP contribution >= 0.6 is 15.9 Å². The van der Waals surface area contributed by atoms with Crippen molar-refractivity contribution in [2.45, 2.75) is 39.0 Å². The van der Waals surface area contributed by atoms with Gasteiger partial charge in [-0.15, -0.1) is 0 Å². The molecule has 2 aromatic carbocycles. The minimum absolute atomic E-state index is 0.101. The first kappa shape index (κ1) is 18.7. The molecule has 0 heterocycles. The quantitative estimate of drug-likeness (QED) is 0.272. The Morgan fingerprint density at radius 1 is 0.875 bits per heavy atom. The van der Waals surface area contributed by atoms with Crippen LogP contribution < -0.4 is 4.74 Å². The molecule has 24 heavy (non-hydrogen) atoms. The Morgan fingerprint density at radius 3 is 2.04 bits per heavy atom. The SMILES string of the molecule is CCCCCCCOc1ccc(-c2ccc(C(=O)CBr)cc2)cc1. The highest BCUT2D eigenvalue weighted by atomic mass is 79.9. The molecule has 0 saturated heterocycles. The third kappa shape index (κ3) is 5.79. The highest BCUT2D eigenvalue weighted by Crippen LogP contribution is 2.23. The number of unbranched alkanes of at least 4 members (excludes halogenated alkanes) is 4. The third-order valence-electron chi connectivity index (χ3n) is 4.03. The Bertz CT molecular complexity index is 617. The molecule has 2 nitrogen and oxygen atoms in total. The normalized spacial score (nSPS) is 10.6. The first-order chi connectivity index (χ1) is 11.7. The van der Waals surface area contributed by atoms with Crippen LogP contribution in [0, 0.1) is 0 Å². The van der Waals surface area contributed by atoms with Crippen molar-refractivity contribution in [1.82, 2.24) is 0 Å². The Kier molecular flexibility index (Phi) is 8.03. The minimum Gasteiger partial charge on any atom is -0.494 e.